The topological polar surface area (TPSA) is 102 Å². The number of pyridine rings is 1. The highest BCUT2D eigenvalue weighted by Gasteiger charge is 2.29. The Labute approximate surface area is 138 Å². The normalized spacial score (nSPS) is 11.5. The lowest BCUT2D eigenvalue weighted by Gasteiger charge is -2.10. The average molecular weight is 343 g/mol. The van der Waals surface area contributed by atoms with E-state index in [1.807, 2.05) is 6.07 Å². The summed E-state index contributed by atoms with van der Waals surface area (Å²) in [6.45, 7) is 0.0387. The molecule has 0 fully saturated rings. The zero-order valence-electron chi connectivity index (χ0n) is 12.4. The lowest BCUT2D eigenvalue weighted by molar-refractivity contribution is -0.387. The van der Waals surface area contributed by atoms with E-state index in [2.05, 4.69) is 9.71 Å². The first-order valence-electron chi connectivity index (χ1n) is 7.05. The van der Waals surface area contributed by atoms with E-state index >= 15 is 0 Å². The summed E-state index contributed by atoms with van der Waals surface area (Å²) < 4.78 is 27.8. The van der Waals surface area contributed by atoms with Gasteiger partial charge in [-0.15, -0.1) is 0 Å². The molecular weight excluding hydrogens is 330 g/mol. The van der Waals surface area contributed by atoms with Crippen LogP contribution in [0.2, 0.25) is 0 Å². The Hall–Kier alpha value is -2.84. The largest absolute Gasteiger partial charge is 0.308 e. The lowest BCUT2D eigenvalue weighted by atomic mass is 10.2. The monoisotopic (exact) mass is 343 g/mol. The summed E-state index contributed by atoms with van der Waals surface area (Å²) in [6, 6.07) is 15.3. The molecule has 0 radical (unpaired) electrons. The number of nitrogens with one attached hydrogen (secondary N) is 1. The SMILES string of the molecule is O=[N+]([O-])c1cnc2ccccc2c1S(=O)(=O)NCc1ccccc1. The van der Waals surface area contributed by atoms with E-state index in [0.717, 1.165) is 11.8 Å². The predicted molar refractivity (Wildman–Crippen MR) is 88.9 cm³/mol. The summed E-state index contributed by atoms with van der Waals surface area (Å²) in [5.74, 6) is 0. The van der Waals surface area contributed by atoms with Gasteiger partial charge in [0.05, 0.1) is 10.4 Å². The Bertz CT molecular complexity index is 1000. The van der Waals surface area contributed by atoms with Crippen molar-refractivity contribution in [1.82, 2.24) is 9.71 Å². The van der Waals surface area contributed by atoms with Crippen LogP contribution >= 0.6 is 0 Å². The summed E-state index contributed by atoms with van der Waals surface area (Å²) in [6.07, 6.45) is 0.972. The molecule has 0 bridgehead atoms. The summed E-state index contributed by atoms with van der Waals surface area (Å²) in [4.78, 5) is 14.1. The Morgan fingerprint density at radius 1 is 1.04 bits per heavy atom. The van der Waals surface area contributed by atoms with Gasteiger partial charge in [-0.2, -0.15) is 0 Å². The number of para-hydroxylation sites is 1. The van der Waals surface area contributed by atoms with Crippen molar-refractivity contribution < 1.29 is 13.3 Å². The summed E-state index contributed by atoms with van der Waals surface area (Å²) in [5.41, 5.74) is 0.583. The minimum absolute atomic E-state index is 0.0387. The first-order valence-corrected chi connectivity index (χ1v) is 8.53. The molecule has 122 valence electrons. The second-order valence-electron chi connectivity index (χ2n) is 5.06. The van der Waals surface area contributed by atoms with Gasteiger partial charge in [-0.1, -0.05) is 48.5 Å². The number of nitro groups is 1. The van der Waals surface area contributed by atoms with Crippen LogP contribution in [0, 0.1) is 10.1 Å². The average Bonchev–Trinajstić information content (AvgIpc) is 2.59. The second kappa shape index (κ2) is 6.34. The number of aromatic nitrogens is 1. The van der Waals surface area contributed by atoms with Crippen molar-refractivity contribution in [3.05, 3.63) is 76.5 Å². The number of hydrogen-bond acceptors (Lipinski definition) is 5. The Kier molecular flexibility index (Phi) is 4.24. The molecule has 0 atom stereocenters. The third-order valence-electron chi connectivity index (χ3n) is 3.48. The highest BCUT2D eigenvalue weighted by atomic mass is 32.2. The summed E-state index contributed by atoms with van der Waals surface area (Å²) >= 11 is 0. The molecule has 7 nitrogen and oxygen atoms in total. The van der Waals surface area contributed by atoms with E-state index in [4.69, 9.17) is 0 Å². The van der Waals surface area contributed by atoms with Crippen LogP contribution in [0.3, 0.4) is 0 Å². The van der Waals surface area contributed by atoms with E-state index in [0.29, 0.717) is 5.52 Å². The van der Waals surface area contributed by atoms with Crippen molar-refractivity contribution in [3.63, 3.8) is 0 Å². The van der Waals surface area contributed by atoms with E-state index in [1.165, 1.54) is 6.07 Å². The van der Waals surface area contributed by atoms with Crippen LogP contribution in [-0.2, 0) is 16.6 Å². The second-order valence-corrected chi connectivity index (χ2v) is 6.76. The molecule has 0 saturated carbocycles. The third kappa shape index (κ3) is 3.10. The molecule has 0 amide bonds. The molecule has 24 heavy (non-hydrogen) atoms. The minimum Gasteiger partial charge on any atom is -0.258 e. The van der Waals surface area contributed by atoms with Gasteiger partial charge >= 0.3 is 5.69 Å². The zero-order chi connectivity index (χ0) is 17.2. The maximum absolute atomic E-state index is 12.7. The van der Waals surface area contributed by atoms with Gasteiger partial charge in [-0.05, 0) is 11.6 Å². The zero-order valence-corrected chi connectivity index (χ0v) is 13.2. The number of sulfonamides is 1. The molecule has 1 aromatic heterocycles. The van der Waals surface area contributed by atoms with Crippen LogP contribution < -0.4 is 4.72 Å². The van der Waals surface area contributed by atoms with E-state index in [9.17, 15) is 18.5 Å². The number of hydrogen-bond donors (Lipinski definition) is 1. The van der Waals surface area contributed by atoms with Crippen molar-refractivity contribution in [2.24, 2.45) is 0 Å². The number of fused-ring (bicyclic) bond motifs is 1. The van der Waals surface area contributed by atoms with Crippen molar-refractivity contribution >= 4 is 26.6 Å². The fourth-order valence-corrected chi connectivity index (χ4v) is 3.73. The molecule has 0 saturated heterocycles. The van der Waals surface area contributed by atoms with Gasteiger partial charge in [0.1, 0.15) is 6.20 Å². The van der Waals surface area contributed by atoms with Crippen molar-refractivity contribution in [2.45, 2.75) is 11.4 Å². The lowest BCUT2D eigenvalue weighted by Crippen LogP contribution is -2.24. The highest BCUT2D eigenvalue weighted by molar-refractivity contribution is 7.89. The molecule has 2 aromatic carbocycles. The maximum Gasteiger partial charge on any atom is 0.308 e. The van der Waals surface area contributed by atoms with Gasteiger partial charge in [0, 0.05) is 11.9 Å². The highest BCUT2D eigenvalue weighted by Crippen LogP contribution is 2.30. The first-order chi connectivity index (χ1) is 11.5. The van der Waals surface area contributed by atoms with Crippen LogP contribution in [0.25, 0.3) is 10.9 Å². The molecule has 8 heteroatoms. The molecule has 0 aliphatic rings. The fraction of sp³-hybridized carbons (Fsp3) is 0.0625. The molecule has 0 aliphatic carbocycles. The van der Waals surface area contributed by atoms with Crippen molar-refractivity contribution in [1.29, 1.82) is 0 Å². The van der Waals surface area contributed by atoms with Gasteiger partial charge in [0.25, 0.3) is 0 Å². The summed E-state index contributed by atoms with van der Waals surface area (Å²) in [5, 5.41) is 11.5. The fourth-order valence-electron chi connectivity index (χ4n) is 2.36. The quantitative estimate of drug-likeness (QED) is 0.567. The molecule has 1 N–H and O–H groups in total. The van der Waals surface area contributed by atoms with Gasteiger partial charge in [0.2, 0.25) is 10.0 Å². The van der Waals surface area contributed by atoms with Crippen LogP contribution in [0.1, 0.15) is 5.56 Å². The minimum atomic E-state index is -4.09. The van der Waals surface area contributed by atoms with Crippen LogP contribution in [0.4, 0.5) is 5.69 Å². The molecular formula is C16H13N3O4S. The molecule has 1 heterocycles. The molecule has 3 aromatic rings. The molecule has 0 unspecified atom stereocenters. The van der Waals surface area contributed by atoms with E-state index in [-0.39, 0.29) is 16.8 Å². The Morgan fingerprint density at radius 2 is 1.71 bits per heavy atom. The molecule has 3 rings (SSSR count). The van der Waals surface area contributed by atoms with Gasteiger partial charge in [-0.3, -0.25) is 10.1 Å². The van der Waals surface area contributed by atoms with Gasteiger partial charge < -0.3 is 0 Å². The third-order valence-corrected chi connectivity index (χ3v) is 4.97. The van der Waals surface area contributed by atoms with Crippen LogP contribution in [0.15, 0.2) is 65.7 Å². The molecule has 0 aliphatic heterocycles. The smallest absolute Gasteiger partial charge is 0.258 e. The number of benzene rings is 2. The van der Waals surface area contributed by atoms with Crippen LogP contribution in [-0.4, -0.2) is 18.3 Å². The summed E-state index contributed by atoms with van der Waals surface area (Å²) in [7, 11) is -4.09. The van der Waals surface area contributed by atoms with Gasteiger partial charge in [-0.25, -0.2) is 18.1 Å². The standard InChI is InChI=1S/C16H13N3O4S/c20-19(21)15-11-17-14-9-5-4-8-13(14)16(15)24(22,23)18-10-12-6-2-1-3-7-12/h1-9,11,18H,10H2. The van der Waals surface area contributed by atoms with Crippen molar-refractivity contribution in [2.75, 3.05) is 0 Å². The first kappa shape index (κ1) is 16.0. The predicted octanol–water partition coefficient (Wildman–Crippen LogP) is 2.62. The number of nitrogens with zero attached hydrogens (tertiary/aromatic N) is 2. The van der Waals surface area contributed by atoms with Crippen LogP contribution in [0.5, 0.6) is 0 Å². The van der Waals surface area contributed by atoms with E-state index in [1.54, 1.807) is 42.5 Å². The Morgan fingerprint density at radius 3 is 2.42 bits per heavy atom. The molecule has 0 spiro atoms. The Balaban J connectivity index is 2.09. The van der Waals surface area contributed by atoms with Crippen molar-refractivity contribution in [3.8, 4) is 0 Å². The maximum atomic E-state index is 12.7. The van der Waals surface area contributed by atoms with E-state index < -0.39 is 20.6 Å². The van der Waals surface area contributed by atoms with Gasteiger partial charge in [0.15, 0.2) is 4.90 Å². The number of rotatable bonds is 5.